The molecule has 1 heterocycles. The molecule has 4 rings (SSSR count). The van der Waals surface area contributed by atoms with Crippen molar-refractivity contribution in [3.63, 3.8) is 0 Å². The number of rotatable bonds is 7. The molecule has 0 saturated heterocycles. The molecule has 0 saturated carbocycles. The summed E-state index contributed by atoms with van der Waals surface area (Å²) in [6, 6.07) is 15.8. The van der Waals surface area contributed by atoms with Gasteiger partial charge in [-0.05, 0) is 35.9 Å². The molecule has 0 radical (unpaired) electrons. The normalized spacial score (nSPS) is 17.6. The van der Waals surface area contributed by atoms with Crippen molar-refractivity contribution in [1.29, 1.82) is 0 Å². The summed E-state index contributed by atoms with van der Waals surface area (Å²) in [5.41, 5.74) is 1.82. The molecule has 0 bridgehead atoms. The molecule has 1 atom stereocenters. The van der Waals surface area contributed by atoms with E-state index in [0.717, 1.165) is 16.5 Å². The first kappa shape index (κ1) is 26.0. The molecule has 0 aromatic heterocycles. The second kappa shape index (κ2) is 10.1. The molecule has 1 aliphatic rings. The van der Waals surface area contributed by atoms with Crippen molar-refractivity contribution in [2.24, 2.45) is 5.16 Å². The van der Waals surface area contributed by atoms with Crippen LogP contribution in [0.25, 0.3) is 10.8 Å². The molecule has 0 unspecified atom stereocenters. The second-order valence-electron chi connectivity index (χ2n) is 8.72. The number of ketones is 1. The van der Waals surface area contributed by atoms with Crippen molar-refractivity contribution in [2.75, 3.05) is 6.54 Å². The minimum absolute atomic E-state index is 0.218. The fourth-order valence-corrected chi connectivity index (χ4v) is 4.67. The Balaban J connectivity index is 1.55. The Morgan fingerprint density at radius 3 is 2.36 bits per heavy atom. The lowest BCUT2D eigenvalue weighted by Crippen LogP contribution is -2.33. The number of carbonyl (C=O) groups is 2. The molecule has 1 aliphatic heterocycles. The molecule has 0 aliphatic carbocycles. The molecule has 3 aromatic carbocycles. The maximum absolute atomic E-state index is 12.9. The van der Waals surface area contributed by atoms with Gasteiger partial charge in [-0.3, -0.25) is 9.59 Å². The average Bonchev–Trinajstić information content (AvgIpc) is 3.22. The van der Waals surface area contributed by atoms with E-state index in [0.29, 0.717) is 33.1 Å². The lowest BCUT2D eigenvalue weighted by Gasteiger charge is -2.22. The number of nitrogens with zero attached hydrogens (tertiary/aromatic N) is 1. The molecule has 36 heavy (non-hydrogen) atoms. The minimum Gasteiger partial charge on any atom is -0.384 e. The Morgan fingerprint density at radius 1 is 1.03 bits per heavy atom. The summed E-state index contributed by atoms with van der Waals surface area (Å²) in [5, 5.41) is 8.48. The van der Waals surface area contributed by atoms with Gasteiger partial charge in [-0.25, -0.2) is 0 Å². The predicted molar refractivity (Wildman–Crippen MR) is 133 cm³/mol. The number of hydrogen-bond acceptors (Lipinski definition) is 4. The summed E-state index contributed by atoms with van der Waals surface area (Å²) in [5.74, 6) is -1.18. The number of alkyl halides is 3. The number of fused-ring (bicyclic) bond motifs is 1. The van der Waals surface area contributed by atoms with Crippen LogP contribution in [-0.2, 0) is 15.2 Å². The van der Waals surface area contributed by atoms with Gasteiger partial charge in [-0.2, -0.15) is 13.2 Å². The van der Waals surface area contributed by atoms with Gasteiger partial charge in [0.2, 0.25) is 5.91 Å². The molecule has 10 heteroatoms. The standard InChI is InChI=1S/C26H21Cl2F3N2O3/c1-25(15-10-16(27)12-17(28)11-15)13-22(33-36-25)20-6-7-21(19-5-3-2-4-18(19)20)23(34)8-9-24(35)32-14-26(29,30)31/h2-7,10-12H,8-9,13-14H2,1H3,(H,32,35)/t25-/m0/s1. The van der Waals surface area contributed by atoms with Gasteiger partial charge in [0.15, 0.2) is 11.4 Å². The maximum atomic E-state index is 12.9. The molecule has 188 valence electrons. The van der Waals surface area contributed by atoms with Crippen LogP contribution in [0.2, 0.25) is 10.0 Å². The first-order chi connectivity index (χ1) is 16.9. The average molecular weight is 537 g/mol. The first-order valence-electron chi connectivity index (χ1n) is 11.1. The van der Waals surface area contributed by atoms with Crippen molar-refractivity contribution in [3.05, 3.63) is 81.3 Å². The summed E-state index contributed by atoms with van der Waals surface area (Å²) in [7, 11) is 0. The summed E-state index contributed by atoms with van der Waals surface area (Å²) in [6.07, 6.45) is -4.63. The van der Waals surface area contributed by atoms with Crippen molar-refractivity contribution < 1.29 is 27.6 Å². The van der Waals surface area contributed by atoms with E-state index in [1.54, 1.807) is 47.8 Å². The summed E-state index contributed by atoms with van der Waals surface area (Å²) in [6.45, 7) is 0.456. The smallest absolute Gasteiger partial charge is 0.384 e. The van der Waals surface area contributed by atoms with Crippen LogP contribution in [-0.4, -0.2) is 30.1 Å². The SMILES string of the molecule is C[C@@]1(c2cc(Cl)cc(Cl)c2)CC(c2ccc(C(=O)CCC(=O)NCC(F)(F)F)c3ccccc23)=NO1. The number of nitrogens with one attached hydrogen (secondary N) is 1. The van der Waals surface area contributed by atoms with E-state index >= 15 is 0 Å². The molecule has 3 aromatic rings. The highest BCUT2D eigenvalue weighted by atomic mass is 35.5. The van der Waals surface area contributed by atoms with E-state index in [-0.39, 0.29) is 18.6 Å². The quantitative estimate of drug-likeness (QED) is 0.336. The Morgan fingerprint density at radius 2 is 1.69 bits per heavy atom. The van der Waals surface area contributed by atoms with Gasteiger partial charge in [-0.15, -0.1) is 0 Å². The van der Waals surface area contributed by atoms with Gasteiger partial charge in [-0.1, -0.05) is 64.8 Å². The van der Waals surface area contributed by atoms with Gasteiger partial charge in [0.05, 0.1) is 5.71 Å². The molecule has 1 amide bonds. The highest BCUT2D eigenvalue weighted by Gasteiger charge is 2.37. The first-order valence-corrected chi connectivity index (χ1v) is 11.8. The van der Waals surface area contributed by atoms with Gasteiger partial charge in [0.1, 0.15) is 6.54 Å². The Bertz CT molecular complexity index is 1350. The van der Waals surface area contributed by atoms with E-state index < -0.39 is 24.2 Å². The third-order valence-electron chi connectivity index (χ3n) is 5.94. The molecule has 0 fully saturated rings. The van der Waals surface area contributed by atoms with Crippen molar-refractivity contribution in [1.82, 2.24) is 5.32 Å². The van der Waals surface area contributed by atoms with Gasteiger partial charge in [0, 0.05) is 46.0 Å². The summed E-state index contributed by atoms with van der Waals surface area (Å²) < 4.78 is 36.9. The fourth-order valence-electron chi connectivity index (χ4n) is 4.14. The van der Waals surface area contributed by atoms with Crippen molar-refractivity contribution in [3.8, 4) is 0 Å². The molecule has 0 spiro atoms. The zero-order valence-corrected chi connectivity index (χ0v) is 20.6. The number of oxime groups is 1. The Hall–Kier alpha value is -3.10. The number of Topliss-reactive ketones (excluding diaryl/α,β-unsaturated/α-hetero) is 1. The van der Waals surface area contributed by atoms with Crippen LogP contribution in [0, 0.1) is 0 Å². The van der Waals surface area contributed by atoms with E-state index in [4.69, 9.17) is 28.0 Å². The monoisotopic (exact) mass is 536 g/mol. The van der Waals surface area contributed by atoms with Crippen LogP contribution in [0.4, 0.5) is 13.2 Å². The minimum atomic E-state index is -4.51. The fraction of sp³-hybridized carbons (Fsp3) is 0.269. The molecular formula is C26H21Cl2F3N2O3. The number of benzene rings is 3. The van der Waals surface area contributed by atoms with E-state index in [1.807, 2.05) is 19.1 Å². The molecule has 1 N–H and O–H groups in total. The summed E-state index contributed by atoms with van der Waals surface area (Å²) >= 11 is 12.3. The van der Waals surface area contributed by atoms with Gasteiger partial charge >= 0.3 is 6.18 Å². The van der Waals surface area contributed by atoms with E-state index in [9.17, 15) is 22.8 Å². The predicted octanol–water partition coefficient (Wildman–Crippen LogP) is 6.83. The van der Waals surface area contributed by atoms with Crippen LogP contribution < -0.4 is 5.32 Å². The highest BCUT2D eigenvalue weighted by Crippen LogP contribution is 2.39. The molecule has 5 nitrogen and oxygen atoms in total. The Kier molecular flexibility index (Phi) is 7.29. The zero-order chi connectivity index (χ0) is 26.1. The third-order valence-corrected chi connectivity index (χ3v) is 6.37. The van der Waals surface area contributed by atoms with Crippen LogP contribution in [0.15, 0.2) is 59.8 Å². The number of halogens is 5. The van der Waals surface area contributed by atoms with Crippen molar-refractivity contribution >= 4 is 51.4 Å². The number of carbonyl (C=O) groups excluding carboxylic acids is 2. The van der Waals surface area contributed by atoms with Gasteiger partial charge in [0.25, 0.3) is 0 Å². The van der Waals surface area contributed by atoms with E-state index in [2.05, 4.69) is 5.16 Å². The topological polar surface area (TPSA) is 67.8 Å². The maximum Gasteiger partial charge on any atom is 0.405 e. The zero-order valence-electron chi connectivity index (χ0n) is 19.1. The molecular weight excluding hydrogens is 516 g/mol. The van der Waals surface area contributed by atoms with Crippen LogP contribution in [0.1, 0.15) is 47.7 Å². The van der Waals surface area contributed by atoms with Gasteiger partial charge < -0.3 is 10.2 Å². The Labute approximate surface area is 215 Å². The van der Waals surface area contributed by atoms with Crippen LogP contribution in [0.5, 0.6) is 0 Å². The lowest BCUT2D eigenvalue weighted by molar-refractivity contribution is -0.138. The third kappa shape index (κ3) is 5.82. The van der Waals surface area contributed by atoms with Crippen molar-refractivity contribution in [2.45, 2.75) is 38.0 Å². The van der Waals surface area contributed by atoms with E-state index in [1.165, 1.54) is 0 Å². The largest absolute Gasteiger partial charge is 0.405 e. The van der Waals surface area contributed by atoms with Crippen LogP contribution in [0.3, 0.4) is 0 Å². The van der Waals surface area contributed by atoms with Crippen LogP contribution >= 0.6 is 23.2 Å². The number of hydrogen-bond donors (Lipinski definition) is 1. The number of amides is 1. The lowest BCUT2D eigenvalue weighted by atomic mass is 9.87. The summed E-state index contributed by atoms with van der Waals surface area (Å²) in [4.78, 5) is 30.4. The highest BCUT2D eigenvalue weighted by molar-refractivity contribution is 6.34. The second-order valence-corrected chi connectivity index (χ2v) is 9.59.